The Labute approximate surface area is 254 Å². The van der Waals surface area contributed by atoms with Crippen molar-refractivity contribution in [1.82, 2.24) is 14.1 Å². The van der Waals surface area contributed by atoms with E-state index in [4.69, 9.17) is 4.98 Å². The summed E-state index contributed by atoms with van der Waals surface area (Å²) in [5.41, 5.74) is 12.7. The normalized spacial score (nSPS) is 11.6. The number of hydrogen-bond donors (Lipinski definition) is 0. The molecule has 9 rings (SSSR count). The van der Waals surface area contributed by atoms with E-state index >= 15 is 0 Å². The summed E-state index contributed by atoms with van der Waals surface area (Å²) in [4.78, 5) is 4.83. The minimum Gasteiger partial charge on any atom is -0.309 e. The summed E-state index contributed by atoms with van der Waals surface area (Å²) in [7, 11) is 0. The van der Waals surface area contributed by atoms with Crippen LogP contribution in [0.4, 0.5) is 0 Å². The molecular weight excluding hydrogens is 534 g/mol. The van der Waals surface area contributed by atoms with Gasteiger partial charge in [-0.05, 0) is 65.2 Å². The van der Waals surface area contributed by atoms with Gasteiger partial charge in [0.1, 0.15) is 0 Å². The molecule has 0 radical (unpaired) electrons. The molecule has 0 saturated carbocycles. The number of benzene rings is 6. The topological polar surface area (TPSA) is 22.8 Å². The molecule has 0 aliphatic carbocycles. The quantitative estimate of drug-likeness (QED) is 0.210. The number of nitrogens with zero attached hydrogens (tertiary/aromatic N) is 3. The lowest BCUT2D eigenvalue weighted by Crippen LogP contribution is -1.96. The molecule has 3 aromatic heterocycles. The first-order chi connectivity index (χ1) is 21.8. The number of aromatic nitrogens is 3. The largest absolute Gasteiger partial charge is 0.309 e. The predicted molar refractivity (Wildman–Crippen MR) is 184 cm³/mol. The molecule has 0 unspecified atom stereocenters. The molecule has 0 bridgehead atoms. The smallest absolute Gasteiger partial charge is 0.0963 e. The Hall–Kier alpha value is -5.93. The van der Waals surface area contributed by atoms with Gasteiger partial charge in [-0.2, -0.15) is 0 Å². The summed E-state index contributed by atoms with van der Waals surface area (Å²) < 4.78 is 4.76. The van der Waals surface area contributed by atoms with Crippen LogP contribution < -0.4 is 0 Å². The van der Waals surface area contributed by atoms with Crippen LogP contribution in [0.25, 0.3) is 77.4 Å². The van der Waals surface area contributed by atoms with Crippen LogP contribution in [0.2, 0.25) is 0 Å². The Bertz CT molecular complexity index is 2470. The van der Waals surface area contributed by atoms with Crippen molar-refractivity contribution in [2.75, 3.05) is 0 Å². The fourth-order valence-corrected chi connectivity index (χ4v) is 6.81. The van der Waals surface area contributed by atoms with Gasteiger partial charge in [-0.15, -0.1) is 0 Å². The number of rotatable bonds is 4. The van der Waals surface area contributed by atoms with Crippen molar-refractivity contribution in [2.45, 2.75) is 0 Å². The Kier molecular flexibility index (Phi) is 5.50. The summed E-state index contributed by atoms with van der Waals surface area (Å²) >= 11 is 0. The standard InChI is InChI=1S/C41H27N3/c1-3-11-28(12-4-1)29-20-23-32(24-21-29)43-37-18-8-7-15-34(37)35-25-22-30(27-39(35)43)33-16-9-17-36-40-38(19-10-26-42-40)44(41(33)36)31-13-5-2-6-14-31/h1-27H. The second kappa shape index (κ2) is 9.82. The van der Waals surface area contributed by atoms with Crippen LogP contribution in [0.5, 0.6) is 0 Å². The molecular formula is C41H27N3. The lowest BCUT2D eigenvalue weighted by molar-refractivity contribution is 1.17. The van der Waals surface area contributed by atoms with E-state index in [-0.39, 0.29) is 0 Å². The molecule has 0 aliphatic rings. The van der Waals surface area contributed by atoms with Crippen molar-refractivity contribution in [3.05, 3.63) is 164 Å². The maximum Gasteiger partial charge on any atom is 0.0963 e. The zero-order valence-electron chi connectivity index (χ0n) is 23.9. The fraction of sp³-hybridized carbons (Fsp3) is 0. The maximum absolute atomic E-state index is 4.83. The zero-order chi connectivity index (χ0) is 29.0. The second-order valence-electron chi connectivity index (χ2n) is 11.2. The van der Waals surface area contributed by atoms with Crippen LogP contribution in [0, 0.1) is 0 Å². The lowest BCUT2D eigenvalue weighted by Gasteiger charge is -2.13. The molecule has 0 atom stereocenters. The number of hydrogen-bond acceptors (Lipinski definition) is 1. The summed E-state index contributed by atoms with van der Waals surface area (Å²) in [5.74, 6) is 0. The van der Waals surface area contributed by atoms with Crippen molar-refractivity contribution in [1.29, 1.82) is 0 Å². The van der Waals surface area contributed by atoms with Gasteiger partial charge >= 0.3 is 0 Å². The van der Waals surface area contributed by atoms with Crippen molar-refractivity contribution in [3.8, 4) is 33.6 Å². The Morgan fingerprint density at radius 3 is 1.86 bits per heavy atom. The van der Waals surface area contributed by atoms with Crippen LogP contribution >= 0.6 is 0 Å². The second-order valence-corrected chi connectivity index (χ2v) is 11.2. The Morgan fingerprint density at radius 2 is 1.02 bits per heavy atom. The van der Waals surface area contributed by atoms with Crippen molar-refractivity contribution in [3.63, 3.8) is 0 Å². The summed E-state index contributed by atoms with van der Waals surface area (Å²) in [6, 6.07) is 56.5. The fourth-order valence-electron chi connectivity index (χ4n) is 6.81. The van der Waals surface area contributed by atoms with Gasteiger partial charge in [-0.1, -0.05) is 109 Å². The molecule has 3 heteroatoms. The first kappa shape index (κ1) is 24.6. The first-order valence-corrected chi connectivity index (χ1v) is 15.0. The van der Waals surface area contributed by atoms with E-state index in [0.717, 1.165) is 27.8 Å². The van der Waals surface area contributed by atoms with Gasteiger partial charge in [-0.25, -0.2) is 0 Å². The highest BCUT2D eigenvalue weighted by Gasteiger charge is 2.19. The van der Waals surface area contributed by atoms with E-state index in [0.29, 0.717) is 0 Å². The lowest BCUT2D eigenvalue weighted by atomic mass is 10.0. The first-order valence-electron chi connectivity index (χ1n) is 15.0. The zero-order valence-corrected chi connectivity index (χ0v) is 23.9. The highest BCUT2D eigenvalue weighted by molar-refractivity contribution is 6.14. The van der Waals surface area contributed by atoms with Crippen LogP contribution in [-0.2, 0) is 0 Å². The van der Waals surface area contributed by atoms with E-state index in [1.165, 1.54) is 49.6 Å². The average Bonchev–Trinajstić information content (AvgIpc) is 3.62. The maximum atomic E-state index is 4.83. The Balaban J connectivity index is 1.30. The van der Waals surface area contributed by atoms with E-state index < -0.39 is 0 Å². The third-order valence-corrected chi connectivity index (χ3v) is 8.77. The number of pyridine rings is 1. The van der Waals surface area contributed by atoms with Gasteiger partial charge in [0.25, 0.3) is 0 Å². The highest BCUT2D eigenvalue weighted by Crippen LogP contribution is 2.40. The average molecular weight is 562 g/mol. The molecule has 0 amide bonds. The third-order valence-electron chi connectivity index (χ3n) is 8.77. The van der Waals surface area contributed by atoms with Crippen LogP contribution in [0.15, 0.2) is 164 Å². The molecule has 44 heavy (non-hydrogen) atoms. The summed E-state index contributed by atoms with van der Waals surface area (Å²) in [6.45, 7) is 0. The van der Waals surface area contributed by atoms with Gasteiger partial charge in [-0.3, -0.25) is 4.98 Å². The van der Waals surface area contributed by atoms with E-state index in [2.05, 4.69) is 161 Å². The minimum absolute atomic E-state index is 1.02. The molecule has 206 valence electrons. The number of para-hydroxylation sites is 3. The van der Waals surface area contributed by atoms with Crippen molar-refractivity contribution >= 4 is 43.7 Å². The molecule has 3 heterocycles. The van der Waals surface area contributed by atoms with Gasteiger partial charge in [0.05, 0.1) is 27.6 Å². The van der Waals surface area contributed by atoms with Gasteiger partial charge in [0.15, 0.2) is 0 Å². The number of fused-ring (bicyclic) bond motifs is 6. The Morgan fingerprint density at radius 1 is 0.386 bits per heavy atom. The van der Waals surface area contributed by atoms with Crippen molar-refractivity contribution < 1.29 is 0 Å². The van der Waals surface area contributed by atoms with Crippen molar-refractivity contribution in [2.24, 2.45) is 0 Å². The van der Waals surface area contributed by atoms with Crippen LogP contribution in [0.1, 0.15) is 0 Å². The molecule has 0 spiro atoms. The highest BCUT2D eigenvalue weighted by atomic mass is 15.0. The van der Waals surface area contributed by atoms with Gasteiger partial charge in [0.2, 0.25) is 0 Å². The SMILES string of the molecule is c1ccc(-c2ccc(-n3c4ccccc4c4ccc(-c5cccc6c7ncccc7n(-c7ccccc7)c56)cc43)cc2)cc1. The van der Waals surface area contributed by atoms with Crippen LogP contribution in [-0.4, -0.2) is 14.1 Å². The molecule has 0 N–H and O–H groups in total. The third kappa shape index (κ3) is 3.73. The molecule has 0 fully saturated rings. The molecule has 0 aliphatic heterocycles. The van der Waals surface area contributed by atoms with Gasteiger partial charge in [0, 0.05) is 39.3 Å². The molecule has 9 aromatic rings. The summed E-state index contributed by atoms with van der Waals surface area (Å²) in [6.07, 6.45) is 1.89. The van der Waals surface area contributed by atoms with Gasteiger partial charge < -0.3 is 9.13 Å². The van der Waals surface area contributed by atoms with E-state index in [1.54, 1.807) is 0 Å². The molecule has 6 aromatic carbocycles. The van der Waals surface area contributed by atoms with Crippen LogP contribution in [0.3, 0.4) is 0 Å². The minimum atomic E-state index is 1.02. The predicted octanol–water partition coefficient (Wildman–Crippen LogP) is 10.6. The monoisotopic (exact) mass is 561 g/mol. The molecule has 3 nitrogen and oxygen atoms in total. The molecule has 0 saturated heterocycles. The van der Waals surface area contributed by atoms with E-state index in [9.17, 15) is 0 Å². The summed E-state index contributed by atoms with van der Waals surface area (Å²) in [5, 5.41) is 3.65. The van der Waals surface area contributed by atoms with E-state index in [1.807, 2.05) is 12.3 Å².